The molecule has 0 fully saturated rings. The molecule has 0 aliphatic carbocycles. The number of carbonyl (C=O) groups excluding carboxylic acids is 4. The number of nitrogens with zero attached hydrogens (tertiary/aromatic N) is 1. The van der Waals surface area contributed by atoms with Crippen LogP contribution < -0.4 is 5.32 Å². The van der Waals surface area contributed by atoms with Gasteiger partial charge in [0.1, 0.15) is 0 Å². The van der Waals surface area contributed by atoms with Gasteiger partial charge >= 0.3 is 5.97 Å². The largest absolute Gasteiger partial charge is 0.452 e. The molecule has 28 heavy (non-hydrogen) atoms. The van der Waals surface area contributed by atoms with Crippen molar-refractivity contribution in [2.45, 2.75) is 39.2 Å². The predicted molar refractivity (Wildman–Crippen MR) is 101 cm³/mol. The van der Waals surface area contributed by atoms with Crippen LogP contribution in [0.2, 0.25) is 0 Å². The van der Waals surface area contributed by atoms with Crippen LogP contribution in [0.5, 0.6) is 0 Å². The van der Waals surface area contributed by atoms with Gasteiger partial charge in [-0.1, -0.05) is 13.3 Å². The van der Waals surface area contributed by atoms with E-state index in [9.17, 15) is 19.2 Å². The second-order valence-corrected chi connectivity index (χ2v) is 6.70. The Hall–Kier alpha value is -2.74. The number of hydrogen-bond donors (Lipinski definition) is 1. The third-order valence-electron chi connectivity index (χ3n) is 4.40. The molecule has 152 valence electrons. The SMILES string of the molecule is CCC[C@@H](C)NC(=O)COC(=O)c1ccc2c(c1)C(=O)N(CCCOC)C2=O. The van der Waals surface area contributed by atoms with Gasteiger partial charge in [-0.15, -0.1) is 0 Å². The normalized spacial score (nSPS) is 14.0. The summed E-state index contributed by atoms with van der Waals surface area (Å²) < 4.78 is 9.96. The van der Waals surface area contributed by atoms with Crippen LogP contribution in [0.15, 0.2) is 18.2 Å². The summed E-state index contributed by atoms with van der Waals surface area (Å²) in [5.74, 6) is -1.94. The maximum atomic E-state index is 12.5. The molecular weight excluding hydrogens is 364 g/mol. The molecule has 0 spiro atoms. The number of amides is 3. The van der Waals surface area contributed by atoms with Gasteiger partial charge in [0.25, 0.3) is 17.7 Å². The molecule has 0 aromatic heterocycles. The van der Waals surface area contributed by atoms with Gasteiger partial charge in [0.05, 0.1) is 16.7 Å². The van der Waals surface area contributed by atoms with E-state index in [-0.39, 0.29) is 41.1 Å². The molecule has 3 amide bonds. The minimum absolute atomic E-state index is 0.00363. The molecule has 0 unspecified atom stereocenters. The van der Waals surface area contributed by atoms with E-state index in [1.807, 2.05) is 13.8 Å². The first-order valence-corrected chi connectivity index (χ1v) is 9.34. The minimum atomic E-state index is -0.723. The molecule has 2 rings (SSSR count). The second-order valence-electron chi connectivity index (χ2n) is 6.70. The topological polar surface area (TPSA) is 102 Å². The lowest BCUT2D eigenvalue weighted by Crippen LogP contribution is -2.35. The average Bonchev–Trinajstić information content (AvgIpc) is 2.90. The van der Waals surface area contributed by atoms with Crippen molar-refractivity contribution >= 4 is 23.7 Å². The number of imide groups is 1. The lowest BCUT2D eigenvalue weighted by molar-refractivity contribution is -0.124. The van der Waals surface area contributed by atoms with E-state index in [2.05, 4.69) is 5.32 Å². The lowest BCUT2D eigenvalue weighted by Gasteiger charge is -2.13. The van der Waals surface area contributed by atoms with E-state index in [1.54, 1.807) is 7.11 Å². The Kier molecular flexibility index (Phi) is 7.69. The van der Waals surface area contributed by atoms with Gasteiger partial charge in [0.15, 0.2) is 6.61 Å². The fraction of sp³-hybridized carbons (Fsp3) is 0.500. The van der Waals surface area contributed by atoms with E-state index < -0.39 is 18.5 Å². The van der Waals surface area contributed by atoms with E-state index in [4.69, 9.17) is 9.47 Å². The highest BCUT2D eigenvalue weighted by atomic mass is 16.5. The number of nitrogens with one attached hydrogen (secondary N) is 1. The molecule has 1 aromatic carbocycles. The molecule has 0 bridgehead atoms. The molecule has 1 N–H and O–H groups in total. The summed E-state index contributed by atoms with van der Waals surface area (Å²) in [7, 11) is 1.55. The molecule has 1 aromatic rings. The first kappa shape index (κ1) is 21.6. The van der Waals surface area contributed by atoms with Crippen molar-refractivity contribution in [2.75, 3.05) is 26.9 Å². The Bertz CT molecular complexity index is 761. The summed E-state index contributed by atoms with van der Waals surface area (Å²) >= 11 is 0. The van der Waals surface area contributed by atoms with E-state index >= 15 is 0 Å². The first-order chi connectivity index (χ1) is 13.4. The maximum absolute atomic E-state index is 12.5. The summed E-state index contributed by atoms with van der Waals surface area (Å²) in [6.45, 7) is 4.17. The smallest absolute Gasteiger partial charge is 0.338 e. The number of ether oxygens (including phenoxy) is 2. The van der Waals surface area contributed by atoms with Crippen LogP contribution in [-0.4, -0.2) is 61.5 Å². The van der Waals surface area contributed by atoms with Crippen molar-refractivity contribution in [3.8, 4) is 0 Å². The number of esters is 1. The van der Waals surface area contributed by atoms with Crippen molar-refractivity contribution in [3.05, 3.63) is 34.9 Å². The Balaban J connectivity index is 1.98. The Morgan fingerprint density at radius 2 is 1.89 bits per heavy atom. The summed E-state index contributed by atoms with van der Waals surface area (Å²) in [5, 5.41) is 2.74. The van der Waals surface area contributed by atoms with Crippen LogP contribution in [0.1, 0.15) is 64.2 Å². The van der Waals surface area contributed by atoms with Crippen molar-refractivity contribution in [1.29, 1.82) is 0 Å². The highest BCUT2D eigenvalue weighted by Crippen LogP contribution is 2.24. The van der Waals surface area contributed by atoms with Crippen molar-refractivity contribution in [2.24, 2.45) is 0 Å². The van der Waals surface area contributed by atoms with Crippen molar-refractivity contribution in [3.63, 3.8) is 0 Å². The van der Waals surface area contributed by atoms with Gasteiger partial charge in [-0.2, -0.15) is 0 Å². The highest BCUT2D eigenvalue weighted by molar-refractivity contribution is 6.21. The van der Waals surface area contributed by atoms with Gasteiger partial charge in [-0.25, -0.2) is 4.79 Å². The summed E-state index contributed by atoms with van der Waals surface area (Å²) in [6.07, 6.45) is 2.30. The Labute approximate surface area is 164 Å². The van der Waals surface area contributed by atoms with Crippen LogP contribution >= 0.6 is 0 Å². The summed E-state index contributed by atoms with van der Waals surface area (Å²) in [4.78, 5) is 50.0. The zero-order chi connectivity index (χ0) is 20.7. The maximum Gasteiger partial charge on any atom is 0.338 e. The van der Waals surface area contributed by atoms with Crippen LogP contribution in [0.3, 0.4) is 0 Å². The number of hydrogen-bond acceptors (Lipinski definition) is 6. The lowest BCUT2D eigenvalue weighted by atomic mass is 10.1. The van der Waals surface area contributed by atoms with Crippen LogP contribution in [0.25, 0.3) is 0 Å². The molecule has 0 saturated carbocycles. The van der Waals surface area contributed by atoms with Crippen molar-refractivity contribution < 1.29 is 28.7 Å². The Morgan fingerprint density at radius 3 is 2.57 bits per heavy atom. The molecule has 1 aliphatic heterocycles. The van der Waals surface area contributed by atoms with E-state index in [0.717, 1.165) is 17.7 Å². The molecule has 0 radical (unpaired) electrons. The van der Waals surface area contributed by atoms with Crippen LogP contribution in [-0.2, 0) is 14.3 Å². The fourth-order valence-electron chi connectivity index (χ4n) is 3.02. The van der Waals surface area contributed by atoms with E-state index in [1.165, 1.54) is 18.2 Å². The van der Waals surface area contributed by atoms with Gasteiger partial charge in [-0.05, 0) is 38.0 Å². The summed E-state index contributed by atoms with van der Waals surface area (Å²) in [5.41, 5.74) is 0.538. The number of fused-ring (bicyclic) bond motifs is 1. The number of carbonyl (C=O) groups is 4. The number of methoxy groups -OCH3 is 1. The van der Waals surface area contributed by atoms with Crippen LogP contribution in [0, 0.1) is 0 Å². The highest BCUT2D eigenvalue weighted by Gasteiger charge is 2.35. The molecule has 8 heteroatoms. The molecule has 1 aliphatic rings. The second kappa shape index (κ2) is 9.98. The minimum Gasteiger partial charge on any atom is -0.452 e. The molecule has 8 nitrogen and oxygen atoms in total. The zero-order valence-corrected chi connectivity index (χ0v) is 16.4. The molecular formula is C20H26N2O6. The standard InChI is InChI=1S/C20H26N2O6/c1-4-6-13(2)21-17(23)12-28-20(26)14-7-8-15-16(11-14)19(25)22(18(15)24)9-5-10-27-3/h7-8,11,13H,4-6,9-10,12H2,1-3H3,(H,21,23)/t13-/m1/s1. The van der Waals surface area contributed by atoms with Crippen molar-refractivity contribution in [1.82, 2.24) is 10.2 Å². The van der Waals surface area contributed by atoms with Gasteiger partial charge in [0, 0.05) is 26.3 Å². The zero-order valence-electron chi connectivity index (χ0n) is 16.4. The first-order valence-electron chi connectivity index (χ1n) is 9.34. The predicted octanol–water partition coefficient (Wildman–Crippen LogP) is 1.78. The molecule has 1 atom stereocenters. The number of benzene rings is 1. The monoisotopic (exact) mass is 390 g/mol. The molecule has 0 saturated heterocycles. The van der Waals surface area contributed by atoms with Gasteiger partial charge in [-0.3, -0.25) is 19.3 Å². The van der Waals surface area contributed by atoms with E-state index in [0.29, 0.717) is 13.0 Å². The quantitative estimate of drug-likeness (QED) is 0.371. The fourth-order valence-corrected chi connectivity index (χ4v) is 3.02. The average molecular weight is 390 g/mol. The Morgan fingerprint density at radius 1 is 1.18 bits per heavy atom. The number of rotatable bonds is 10. The third-order valence-corrected chi connectivity index (χ3v) is 4.40. The van der Waals surface area contributed by atoms with Gasteiger partial charge in [0.2, 0.25) is 0 Å². The van der Waals surface area contributed by atoms with Crippen LogP contribution in [0.4, 0.5) is 0 Å². The molecule has 1 heterocycles. The summed E-state index contributed by atoms with van der Waals surface area (Å²) in [6, 6.07) is 4.20. The van der Waals surface area contributed by atoms with Gasteiger partial charge < -0.3 is 14.8 Å². The third kappa shape index (κ3) is 5.16.